The topological polar surface area (TPSA) is 56.4 Å². The Morgan fingerprint density at radius 2 is 1.74 bits per heavy atom. The molecule has 0 fully saturated rings. The van der Waals surface area contributed by atoms with Crippen molar-refractivity contribution in [3.8, 4) is 28.5 Å². The van der Waals surface area contributed by atoms with E-state index in [1.54, 1.807) is 21.3 Å². The van der Waals surface area contributed by atoms with Crippen LogP contribution < -0.4 is 14.2 Å². The highest BCUT2D eigenvalue weighted by atomic mass is 16.5. The molecule has 0 spiro atoms. The fourth-order valence-electron chi connectivity index (χ4n) is 2.66. The monoisotopic (exact) mass is 260 g/mol. The molecule has 100 valence electrons. The Morgan fingerprint density at radius 3 is 2.42 bits per heavy atom. The van der Waals surface area contributed by atoms with Crippen LogP contribution in [0.2, 0.25) is 0 Å². The molecule has 1 aromatic carbocycles. The zero-order valence-electron chi connectivity index (χ0n) is 11.2. The molecule has 3 rings (SSSR count). The lowest BCUT2D eigenvalue weighted by molar-refractivity contribution is 0.324. The van der Waals surface area contributed by atoms with Gasteiger partial charge in [0, 0.05) is 5.56 Å². The molecule has 1 N–H and O–H groups in total. The maximum atomic E-state index is 5.55. The SMILES string of the molecule is COc1cc2c(c(OC)c1OC)-c1[nH]ncc1CC2. The molecule has 0 bridgehead atoms. The first-order valence-corrected chi connectivity index (χ1v) is 6.14. The molecule has 0 amide bonds. The number of aryl methyl sites for hydroxylation is 2. The summed E-state index contributed by atoms with van der Waals surface area (Å²) in [5.74, 6) is 2.01. The fourth-order valence-corrected chi connectivity index (χ4v) is 2.66. The Balaban J connectivity index is 2.32. The van der Waals surface area contributed by atoms with E-state index in [0.717, 1.165) is 24.1 Å². The van der Waals surface area contributed by atoms with Gasteiger partial charge in [-0.3, -0.25) is 5.10 Å². The average Bonchev–Trinajstić information content (AvgIpc) is 2.93. The number of aromatic amines is 1. The molecule has 0 atom stereocenters. The van der Waals surface area contributed by atoms with Gasteiger partial charge in [-0.2, -0.15) is 5.10 Å². The van der Waals surface area contributed by atoms with Crippen LogP contribution in [-0.4, -0.2) is 31.5 Å². The molecule has 0 aliphatic heterocycles. The second-order valence-electron chi connectivity index (χ2n) is 4.45. The predicted octanol–water partition coefficient (Wildman–Crippen LogP) is 2.20. The summed E-state index contributed by atoms with van der Waals surface area (Å²) in [7, 11) is 4.89. The van der Waals surface area contributed by atoms with Gasteiger partial charge in [0.25, 0.3) is 0 Å². The summed E-state index contributed by atoms with van der Waals surface area (Å²) >= 11 is 0. The van der Waals surface area contributed by atoms with Crippen LogP contribution in [0.1, 0.15) is 11.1 Å². The average molecular weight is 260 g/mol. The van der Waals surface area contributed by atoms with Gasteiger partial charge in [0.15, 0.2) is 11.5 Å². The van der Waals surface area contributed by atoms with Gasteiger partial charge in [0.2, 0.25) is 5.75 Å². The van der Waals surface area contributed by atoms with Crippen molar-refractivity contribution in [3.05, 3.63) is 23.4 Å². The van der Waals surface area contributed by atoms with Crippen molar-refractivity contribution in [1.82, 2.24) is 10.2 Å². The number of hydrogen-bond donors (Lipinski definition) is 1. The van der Waals surface area contributed by atoms with Gasteiger partial charge in [-0.1, -0.05) is 0 Å². The van der Waals surface area contributed by atoms with Crippen molar-refractivity contribution in [3.63, 3.8) is 0 Å². The number of nitrogens with one attached hydrogen (secondary N) is 1. The molecule has 5 heteroatoms. The first kappa shape index (κ1) is 11.9. The maximum Gasteiger partial charge on any atom is 0.203 e. The number of fused-ring (bicyclic) bond motifs is 3. The van der Waals surface area contributed by atoms with Crippen LogP contribution >= 0.6 is 0 Å². The van der Waals surface area contributed by atoms with Gasteiger partial charge in [-0.05, 0) is 30.0 Å². The van der Waals surface area contributed by atoms with Crippen LogP contribution in [0.15, 0.2) is 12.3 Å². The highest BCUT2D eigenvalue weighted by molar-refractivity contribution is 5.80. The number of H-pyrrole nitrogens is 1. The molecule has 0 radical (unpaired) electrons. The third kappa shape index (κ3) is 1.65. The Hall–Kier alpha value is -2.17. The number of rotatable bonds is 3. The van der Waals surface area contributed by atoms with Crippen molar-refractivity contribution in [2.75, 3.05) is 21.3 Å². The number of methoxy groups -OCH3 is 3. The molecule has 1 aliphatic rings. The van der Waals surface area contributed by atoms with E-state index in [1.807, 2.05) is 12.3 Å². The van der Waals surface area contributed by atoms with Gasteiger partial charge in [-0.25, -0.2) is 0 Å². The minimum Gasteiger partial charge on any atom is -0.493 e. The van der Waals surface area contributed by atoms with Gasteiger partial charge in [0.1, 0.15) is 0 Å². The Labute approximate surface area is 111 Å². The smallest absolute Gasteiger partial charge is 0.203 e. The lowest BCUT2D eigenvalue weighted by Gasteiger charge is -2.22. The predicted molar refractivity (Wildman–Crippen MR) is 71.1 cm³/mol. The number of benzene rings is 1. The van der Waals surface area contributed by atoms with E-state index in [-0.39, 0.29) is 0 Å². The largest absolute Gasteiger partial charge is 0.493 e. The molecule has 1 aromatic heterocycles. The summed E-state index contributed by atoms with van der Waals surface area (Å²) < 4.78 is 16.4. The normalized spacial score (nSPS) is 12.6. The summed E-state index contributed by atoms with van der Waals surface area (Å²) in [6.07, 6.45) is 3.78. The van der Waals surface area contributed by atoms with E-state index in [9.17, 15) is 0 Å². The first-order valence-electron chi connectivity index (χ1n) is 6.14. The van der Waals surface area contributed by atoms with E-state index in [2.05, 4.69) is 10.2 Å². The zero-order chi connectivity index (χ0) is 13.4. The number of nitrogens with zero attached hydrogens (tertiary/aromatic N) is 1. The van der Waals surface area contributed by atoms with Crippen molar-refractivity contribution in [2.24, 2.45) is 0 Å². The lowest BCUT2D eigenvalue weighted by atomic mass is 9.89. The molecule has 19 heavy (non-hydrogen) atoms. The molecule has 0 saturated carbocycles. The highest BCUT2D eigenvalue weighted by Crippen LogP contribution is 2.48. The molecule has 0 unspecified atom stereocenters. The van der Waals surface area contributed by atoms with Crippen LogP contribution in [0.25, 0.3) is 11.3 Å². The molecule has 0 saturated heterocycles. The van der Waals surface area contributed by atoms with Crippen molar-refractivity contribution >= 4 is 0 Å². The third-order valence-electron chi connectivity index (χ3n) is 3.54. The molecular weight excluding hydrogens is 244 g/mol. The fraction of sp³-hybridized carbons (Fsp3) is 0.357. The minimum absolute atomic E-state index is 0.617. The van der Waals surface area contributed by atoms with Gasteiger partial charge < -0.3 is 14.2 Å². The minimum atomic E-state index is 0.617. The van der Waals surface area contributed by atoms with Gasteiger partial charge in [0.05, 0.1) is 33.2 Å². The van der Waals surface area contributed by atoms with Crippen LogP contribution in [0.3, 0.4) is 0 Å². The second kappa shape index (κ2) is 4.50. The first-order chi connectivity index (χ1) is 9.30. The summed E-state index contributed by atoms with van der Waals surface area (Å²) in [4.78, 5) is 0. The maximum absolute atomic E-state index is 5.55. The van der Waals surface area contributed by atoms with Crippen LogP contribution in [-0.2, 0) is 12.8 Å². The second-order valence-corrected chi connectivity index (χ2v) is 4.45. The molecule has 5 nitrogen and oxygen atoms in total. The van der Waals surface area contributed by atoms with Crippen LogP contribution in [0.5, 0.6) is 17.2 Å². The van der Waals surface area contributed by atoms with E-state index < -0.39 is 0 Å². The van der Waals surface area contributed by atoms with E-state index >= 15 is 0 Å². The zero-order valence-corrected chi connectivity index (χ0v) is 11.2. The standard InChI is InChI=1S/C14H16N2O3/c1-17-10-6-8-4-5-9-7-15-16-12(9)11(8)14(19-3)13(10)18-2/h6-7H,4-5H2,1-3H3,(H,15,16). The molecular formula is C14H16N2O3. The summed E-state index contributed by atoms with van der Waals surface area (Å²) in [6.45, 7) is 0. The van der Waals surface area contributed by atoms with Crippen LogP contribution in [0, 0.1) is 0 Å². The van der Waals surface area contributed by atoms with Crippen molar-refractivity contribution < 1.29 is 14.2 Å². The quantitative estimate of drug-likeness (QED) is 0.919. The Morgan fingerprint density at radius 1 is 1.00 bits per heavy atom. The third-order valence-corrected chi connectivity index (χ3v) is 3.54. The van der Waals surface area contributed by atoms with Crippen molar-refractivity contribution in [1.29, 1.82) is 0 Å². The summed E-state index contributed by atoms with van der Waals surface area (Å²) in [5, 5.41) is 7.17. The lowest BCUT2D eigenvalue weighted by Crippen LogP contribution is -2.07. The molecule has 1 aliphatic carbocycles. The van der Waals surface area contributed by atoms with E-state index in [1.165, 1.54) is 11.1 Å². The summed E-state index contributed by atoms with van der Waals surface area (Å²) in [6, 6.07) is 2.01. The number of aromatic nitrogens is 2. The van der Waals surface area contributed by atoms with E-state index in [4.69, 9.17) is 14.2 Å². The summed E-state index contributed by atoms with van der Waals surface area (Å²) in [5.41, 5.74) is 4.43. The van der Waals surface area contributed by atoms with Gasteiger partial charge in [-0.15, -0.1) is 0 Å². The Bertz CT molecular complexity index is 619. The van der Waals surface area contributed by atoms with Gasteiger partial charge >= 0.3 is 0 Å². The van der Waals surface area contributed by atoms with Crippen LogP contribution in [0.4, 0.5) is 0 Å². The highest BCUT2D eigenvalue weighted by Gasteiger charge is 2.27. The number of hydrogen-bond acceptors (Lipinski definition) is 4. The van der Waals surface area contributed by atoms with E-state index in [0.29, 0.717) is 17.2 Å². The molecule has 1 heterocycles. The van der Waals surface area contributed by atoms with Crippen molar-refractivity contribution in [2.45, 2.75) is 12.8 Å². The Kier molecular flexibility index (Phi) is 2.81. The molecule has 2 aromatic rings. The number of ether oxygens (including phenoxy) is 3.